The highest BCUT2D eigenvalue weighted by Crippen LogP contribution is 2.36. The van der Waals surface area contributed by atoms with E-state index in [1.807, 2.05) is 30.3 Å². The van der Waals surface area contributed by atoms with Crippen molar-refractivity contribution in [3.63, 3.8) is 0 Å². The maximum atomic E-state index is 13.2. The molecule has 0 spiro atoms. The SMILES string of the molecule is Fc1ccc(-c2ccc([C@H]3CCNC[C@H]3COc3ccc4c(c3)OCO4)cc2)cc1. The van der Waals surface area contributed by atoms with Gasteiger partial charge >= 0.3 is 0 Å². The predicted octanol–water partition coefficient (Wildman–Crippen LogP) is 4.99. The highest BCUT2D eigenvalue weighted by molar-refractivity contribution is 5.63. The quantitative estimate of drug-likeness (QED) is 0.649. The molecule has 0 aromatic heterocycles. The van der Waals surface area contributed by atoms with E-state index >= 15 is 0 Å². The zero-order valence-corrected chi connectivity index (χ0v) is 16.6. The lowest BCUT2D eigenvalue weighted by molar-refractivity contribution is 0.173. The molecule has 2 heterocycles. The van der Waals surface area contributed by atoms with Gasteiger partial charge in [0, 0.05) is 18.5 Å². The van der Waals surface area contributed by atoms with E-state index in [9.17, 15) is 4.39 Å². The Balaban J connectivity index is 1.28. The van der Waals surface area contributed by atoms with Gasteiger partial charge in [-0.05, 0) is 59.8 Å². The molecule has 0 amide bonds. The van der Waals surface area contributed by atoms with Crippen LogP contribution in [-0.2, 0) is 0 Å². The number of piperidine rings is 1. The van der Waals surface area contributed by atoms with E-state index in [0.29, 0.717) is 18.4 Å². The first kappa shape index (κ1) is 18.9. The second-order valence-electron chi connectivity index (χ2n) is 7.81. The summed E-state index contributed by atoms with van der Waals surface area (Å²) in [6.45, 7) is 2.83. The van der Waals surface area contributed by atoms with Gasteiger partial charge in [-0.1, -0.05) is 36.4 Å². The summed E-state index contributed by atoms with van der Waals surface area (Å²) >= 11 is 0. The summed E-state index contributed by atoms with van der Waals surface area (Å²) in [5.74, 6) is 2.90. The molecule has 1 fully saturated rings. The van der Waals surface area contributed by atoms with E-state index in [0.717, 1.165) is 47.9 Å². The van der Waals surface area contributed by atoms with Gasteiger partial charge in [-0.15, -0.1) is 0 Å². The summed E-state index contributed by atoms with van der Waals surface area (Å²) < 4.78 is 30.1. The van der Waals surface area contributed by atoms with E-state index < -0.39 is 0 Å². The van der Waals surface area contributed by atoms with Crippen molar-refractivity contribution in [3.05, 3.63) is 78.1 Å². The Morgan fingerprint density at radius 2 is 1.63 bits per heavy atom. The maximum Gasteiger partial charge on any atom is 0.231 e. The molecule has 2 aliphatic heterocycles. The van der Waals surface area contributed by atoms with Crippen molar-refractivity contribution in [3.8, 4) is 28.4 Å². The number of hydrogen-bond acceptors (Lipinski definition) is 4. The third kappa shape index (κ3) is 3.98. The Morgan fingerprint density at radius 3 is 2.43 bits per heavy atom. The van der Waals surface area contributed by atoms with Gasteiger partial charge in [-0.3, -0.25) is 0 Å². The van der Waals surface area contributed by atoms with Gasteiger partial charge in [0.25, 0.3) is 0 Å². The van der Waals surface area contributed by atoms with Crippen LogP contribution in [0, 0.1) is 11.7 Å². The molecule has 0 radical (unpaired) electrons. The van der Waals surface area contributed by atoms with Crippen LogP contribution in [0.1, 0.15) is 17.9 Å². The molecule has 4 nitrogen and oxygen atoms in total. The predicted molar refractivity (Wildman–Crippen MR) is 114 cm³/mol. The molecule has 30 heavy (non-hydrogen) atoms. The lowest BCUT2D eigenvalue weighted by atomic mass is 9.81. The van der Waals surface area contributed by atoms with E-state index in [2.05, 4.69) is 29.6 Å². The molecule has 2 atom stereocenters. The molecule has 1 saturated heterocycles. The molecule has 1 N–H and O–H groups in total. The van der Waals surface area contributed by atoms with Crippen molar-refractivity contribution in [1.29, 1.82) is 0 Å². The van der Waals surface area contributed by atoms with Crippen molar-refractivity contribution in [2.24, 2.45) is 5.92 Å². The Morgan fingerprint density at radius 1 is 0.900 bits per heavy atom. The highest BCUT2D eigenvalue weighted by Gasteiger charge is 2.27. The number of ether oxygens (including phenoxy) is 3. The molecule has 0 unspecified atom stereocenters. The summed E-state index contributed by atoms with van der Waals surface area (Å²) in [6.07, 6.45) is 1.07. The second-order valence-corrected chi connectivity index (χ2v) is 7.81. The summed E-state index contributed by atoms with van der Waals surface area (Å²) in [4.78, 5) is 0. The normalized spacial score (nSPS) is 20.2. The summed E-state index contributed by atoms with van der Waals surface area (Å²) in [6, 6.07) is 21.0. The minimum atomic E-state index is -0.213. The fourth-order valence-electron chi connectivity index (χ4n) is 4.27. The first-order chi connectivity index (χ1) is 14.8. The number of fused-ring (bicyclic) bond motifs is 1. The first-order valence-corrected chi connectivity index (χ1v) is 10.4. The molecule has 2 aliphatic rings. The summed E-state index contributed by atoms with van der Waals surface area (Å²) in [5.41, 5.74) is 3.44. The zero-order chi connectivity index (χ0) is 20.3. The molecule has 5 heteroatoms. The van der Waals surface area contributed by atoms with Crippen LogP contribution in [0.2, 0.25) is 0 Å². The lowest BCUT2D eigenvalue weighted by Gasteiger charge is -2.32. The molecule has 0 saturated carbocycles. The smallest absolute Gasteiger partial charge is 0.231 e. The third-order valence-corrected chi connectivity index (χ3v) is 5.93. The summed E-state index contributed by atoms with van der Waals surface area (Å²) in [7, 11) is 0. The van der Waals surface area contributed by atoms with Crippen molar-refractivity contribution >= 4 is 0 Å². The second kappa shape index (κ2) is 8.36. The molecule has 3 aromatic carbocycles. The minimum Gasteiger partial charge on any atom is -0.493 e. The van der Waals surface area contributed by atoms with E-state index in [1.54, 1.807) is 0 Å². The van der Waals surface area contributed by atoms with Gasteiger partial charge in [0.15, 0.2) is 11.5 Å². The van der Waals surface area contributed by atoms with Gasteiger partial charge in [-0.2, -0.15) is 0 Å². The highest BCUT2D eigenvalue weighted by atomic mass is 19.1. The molecule has 0 aliphatic carbocycles. The molecule has 5 rings (SSSR count). The van der Waals surface area contributed by atoms with Crippen LogP contribution in [0.15, 0.2) is 66.7 Å². The molecular weight excluding hydrogens is 381 g/mol. The number of benzene rings is 3. The van der Waals surface area contributed by atoms with Crippen molar-refractivity contribution in [2.45, 2.75) is 12.3 Å². The van der Waals surface area contributed by atoms with E-state index in [4.69, 9.17) is 14.2 Å². The fraction of sp³-hybridized carbons (Fsp3) is 0.280. The van der Waals surface area contributed by atoms with E-state index in [-0.39, 0.29) is 12.6 Å². The van der Waals surface area contributed by atoms with Crippen LogP contribution in [-0.4, -0.2) is 26.5 Å². The average Bonchev–Trinajstić information content (AvgIpc) is 3.27. The summed E-state index contributed by atoms with van der Waals surface area (Å²) in [5, 5.41) is 3.49. The van der Waals surface area contributed by atoms with Gasteiger partial charge < -0.3 is 19.5 Å². The van der Waals surface area contributed by atoms with Gasteiger partial charge in [0.2, 0.25) is 6.79 Å². The van der Waals surface area contributed by atoms with Crippen LogP contribution in [0.5, 0.6) is 17.2 Å². The number of nitrogens with one attached hydrogen (secondary N) is 1. The fourth-order valence-corrected chi connectivity index (χ4v) is 4.27. The van der Waals surface area contributed by atoms with Gasteiger partial charge in [0.05, 0.1) is 6.61 Å². The Kier molecular flexibility index (Phi) is 5.28. The Hall–Kier alpha value is -3.05. The Bertz CT molecular complexity index is 1000. The monoisotopic (exact) mass is 405 g/mol. The van der Waals surface area contributed by atoms with Crippen LogP contribution in [0.4, 0.5) is 4.39 Å². The minimum absolute atomic E-state index is 0.213. The lowest BCUT2D eigenvalue weighted by Crippen LogP contribution is -2.38. The topological polar surface area (TPSA) is 39.7 Å². The Labute approximate surface area is 175 Å². The van der Waals surface area contributed by atoms with Crippen LogP contribution in [0.25, 0.3) is 11.1 Å². The largest absolute Gasteiger partial charge is 0.493 e. The maximum absolute atomic E-state index is 13.2. The van der Waals surface area contributed by atoms with Gasteiger partial charge in [-0.25, -0.2) is 4.39 Å². The van der Waals surface area contributed by atoms with Crippen LogP contribution >= 0.6 is 0 Å². The molecular formula is C25H24FNO3. The number of rotatable bonds is 5. The molecule has 3 aromatic rings. The number of halogens is 1. The average molecular weight is 405 g/mol. The molecule has 154 valence electrons. The first-order valence-electron chi connectivity index (χ1n) is 10.4. The molecule has 0 bridgehead atoms. The van der Waals surface area contributed by atoms with E-state index in [1.165, 1.54) is 17.7 Å². The van der Waals surface area contributed by atoms with Crippen LogP contribution in [0.3, 0.4) is 0 Å². The standard InChI is InChI=1S/C25H24FNO3/c26-21-7-5-18(6-8-21)17-1-3-19(4-2-17)23-11-12-27-14-20(23)15-28-22-9-10-24-25(13-22)30-16-29-24/h1-10,13,20,23,27H,11-12,14-16H2/t20-,23+/m0/s1. The van der Waals surface area contributed by atoms with Crippen molar-refractivity contribution in [2.75, 3.05) is 26.5 Å². The number of hydrogen-bond donors (Lipinski definition) is 1. The van der Waals surface area contributed by atoms with Gasteiger partial charge in [0.1, 0.15) is 11.6 Å². The third-order valence-electron chi connectivity index (χ3n) is 5.93. The van der Waals surface area contributed by atoms with Crippen LogP contribution < -0.4 is 19.5 Å². The van der Waals surface area contributed by atoms with Crippen molar-refractivity contribution < 1.29 is 18.6 Å². The zero-order valence-electron chi connectivity index (χ0n) is 16.6. The van der Waals surface area contributed by atoms with Crippen molar-refractivity contribution in [1.82, 2.24) is 5.32 Å².